The average Bonchev–Trinajstić information content (AvgIpc) is 3.27. The molecular formula is C57H106O5. The standard InChI is InChI=1S/C57H106O5/c1-4-7-10-13-16-19-22-24-26-28-30-32-34-37-40-43-46-49-52-60-53-55(62-57(59)51-48-45-42-39-35-21-18-15-12-9-6-3)54-61-56(58)50-47-44-41-38-36-33-31-29-27-25-23-20-17-14-11-8-5-2/h7,10,16,19,24,26,55H,4-6,8-9,11-15,17-18,20-23,25,27-54H2,1-3H3/b10-7-,19-16-,26-24-. The molecule has 0 amide bonds. The monoisotopic (exact) mass is 871 g/mol. The van der Waals surface area contributed by atoms with Gasteiger partial charge in [-0.05, 0) is 51.4 Å². The number of esters is 2. The molecule has 0 bridgehead atoms. The van der Waals surface area contributed by atoms with E-state index in [-0.39, 0.29) is 25.2 Å². The number of hydrogen-bond acceptors (Lipinski definition) is 5. The Balaban J connectivity index is 4.18. The molecule has 364 valence electrons. The fraction of sp³-hybridized carbons (Fsp3) is 0.860. The van der Waals surface area contributed by atoms with Crippen molar-refractivity contribution in [1.29, 1.82) is 0 Å². The lowest BCUT2D eigenvalue weighted by atomic mass is 10.0. The number of rotatable bonds is 51. The molecule has 0 aliphatic rings. The summed E-state index contributed by atoms with van der Waals surface area (Å²) < 4.78 is 17.4. The molecule has 0 N–H and O–H groups in total. The summed E-state index contributed by atoms with van der Waals surface area (Å²) in [4.78, 5) is 25.4. The van der Waals surface area contributed by atoms with E-state index in [1.54, 1.807) is 0 Å². The maximum Gasteiger partial charge on any atom is 0.306 e. The summed E-state index contributed by atoms with van der Waals surface area (Å²) in [5.41, 5.74) is 0. The van der Waals surface area contributed by atoms with Gasteiger partial charge in [0, 0.05) is 19.4 Å². The topological polar surface area (TPSA) is 61.8 Å². The molecule has 1 atom stereocenters. The van der Waals surface area contributed by atoms with Gasteiger partial charge in [0.2, 0.25) is 0 Å². The fourth-order valence-electron chi connectivity index (χ4n) is 8.12. The van der Waals surface area contributed by atoms with Crippen LogP contribution in [-0.4, -0.2) is 37.9 Å². The van der Waals surface area contributed by atoms with Gasteiger partial charge in [0.15, 0.2) is 6.10 Å². The molecule has 0 saturated carbocycles. The summed E-state index contributed by atoms with van der Waals surface area (Å²) in [6, 6.07) is 0. The predicted molar refractivity (Wildman–Crippen MR) is 270 cm³/mol. The maximum atomic E-state index is 12.8. The number of carbonyl (C=O) groups is 2. The van der Waals surface area contributed by atoms with E-state index in [0.717, 1.165) is 57.8 Å². The molecule has 62 heavy (non-hydrogen) atoms. The van der Waals surface area contributed by atoms with E-state index < -0.39 is 6.10 Å². The SMILES string of the molecule is CC/C=C\C/C=C\C/C=C\CCCCCCCCCCOCC(COC(=O)CCCCCCCCCCCCCCCCCCC)OC(=O)CCCCCCCCCCCCC. The van der Waals surface area contributed by atoms with E-state index in [9.17, 15) is 9.59 Å². The third-order valence-corrected chi connectivity index (χ3v) is 12.2. The Morgan fingerprint density at radius 3 is 1.16 bits per heavy atom. The first kappa shape index (κ1) is 60.1. The second kappa shape index (κ2) is 53.5. The molecule has 0 saturated heterocycles. The predicted octanol–water partition coefficient (Wildman–Crippen LogP) is 18.6. The van der Waals surface area contributed by atoms with Crippen molar-refractivity contribution in [3.8, 4) is 0 Å². The summed E-state index contributed by atoms with van der Waals surface area (Å²) in [7, 11) is 0. The van der Waals surface area contributed by atoms with Crippen LogP contribution in [0.5, 0.6) is 0 Å². The Morgan fingerprint density at radius 2 is 0.726 bits per heavy atom. The van der Waals surface area contributed by atoms with Gasteiger partial charge in [-0.1, -0.05) is 263 Å². The molecule has 0 rings (SSSR count). The van der Waals surface area contributed by atoms with E-state index in [2.05, 4.69) is 57.2 Å². The van der Waals surface area contributed by atoms with Crippen LogP contribution in [0.1, 0.15) is 290 Å². The summed E-state index contributed by atoms with van der Waals surface area (Å²) in [6.45, 7) is 7.75. The second-order valence-electron chi connectivity index (χ2n) is 18.5. The Morgan fingerprint density at radius 1 is 0.371 bits per heavy atom. The van der Waals surface area contributed by atoms with Crippen LogP contribution in [0.4, 0.5) is 0 Å². The molecule has 0 heterocycles. The van der Waals surface area contributed by atoms with Crippen LogP contribution in [0.3, 0.4) is 0 Å². The number of allylic oxidation sites excluding steroid dienone is 6. The Labute approximate surface area is 387 Å². The van der Waals surface area contributed by atoms with Crippen molar-refractivity contribution in [3.05, 3.63) is 36.5 Å². The molecular weight excluding hydrogens is 765 g/mol. The van der Waals surface area contributed by atoms with Gasteiger partial charge in [0.25, 0.3) is 0 Å². The van der Waals surface area contributed by atoms with Gasteiger partial charge >= 0.3 is 11.9 Å². The van der Waals surface area contributed by atoms with Crippen LogP contribution in [0.15, 0.2) is 36.5 Å². The quantitative estimate of drug-likeness (QED) is 0.0346. The van der Waals surface area contributed by atoms with Crippen molar-refractivity contribution in [3.63, 3.8) is 0 Å². The first-order valence-electron chi connectivity index (χ1n) is 27.5. The molecule has 0 spiro atoms. The molecule has 0 aliphatic carbocycles. The highest BCUT2D eigenvalue weighted by molar-refractivity contribution is 5.70. The molecule has 5 heteroatoms. The van der Waals surface area contributed by atoms with Crippen molar-refractivity contribution >= 4 is 11.9 Å². The zero-order chi connectivity index (χ0) is 44.9. The van der Waals surface area contributed by atoms with Crippen LogP contribution >= 0.6 is 0 Å². The van der Waals surface area contributed by atoms with Crippen LogP contribution in [0.25, 0.3) is 0 Å². The zero-order valence-corrected chi connectivity index (χ0v) is 41.9. The van der Waals surface area contributed by atoms with Crippen LogP contribution in [0, 0.1) is 0 Å². The zero-order valence-electron chi connectivity index (χ0n) is 41.9. The van der Waals surface area contributed by atoms with Gasteiger partial charge in [0.1, 0.15) is 6.61 Å². The first-order valence-corrected chi connectivity index (χ1v) is 27.5. The molecule has 1 unspecified atom stereocenters. The van der Waals surface area contributed by atoms with Crippen molar-refractivity contribution in [1.82, 2.24) is 0 Å². The summed E-state index contributed by atoms with van der Waals surface area (Å²) in [5.74, 6) is -0.384. The van der Waals surface area contributed by atoms with Crippen molar-refractivity contribution in [2.24, 2.45) is 0 Å². The number of ether oxygens (including phenoxy) is 3. The Bertz CT molecular complexity index is 986. The van der Waals surface area contributed by atoms with Gasteiger partial charge in [-0.3, -0.25) is 9.59 Å². The highest BCUT2D eigenvalue weighted by atomic mass is 16.6. The van der Waals surface area contributed by atoms with Gasteiger partial charge in [0.05, 0.1) is 6.61 Å². The summed E-state index contributed by atoms with van der Waals surface area (Å²) in [6.07, 6.45) is 64.4. The Kier molecular flexibility index (Phi) is 51.8. The number of hydrogen-bond donors (Lipinski definition) is 0. The molecule has 0 radical (unpaired) electrons. The lowest BCUT2D eigenvalue weighted by Crippen LogP contribution is -2.30. The molecule has 5 nitrogen and oxygen atoms in total. The van der Waals surface area contributed by atoms with E-state index >= 15 is 0 Å². The molecule has 0 aliphatic heterocycles. The Hall–Kier alpha value is -1.88. The lowest BCUT2D eigenvalue weighted by Gasteiger charge is -2.18. The molecule has 0 aromatic carbocycles. The highest BCUT2D eigenvalue weighted by Crippen LogP contribution is 2.16. The maximum absolute atomic E-state index is 12.8. The molecule has 0 aromatic heterocycles. The highest BCUT2D eigenvalue weighted by Gasteiger charge is 2.17. The van der Waals surface area contributed by atoms with Crippen LogP contribution in [-0.2, 0) is 23.8 Å². The van der Waals surface area contributed by atoms with Crippen molar-refractivity contribution < 1.29 is 23.8 Å². The van der Waals surface area contributed by atoms with E-state index in [1.807, 2.05) is 0 Å². The lowest BCUT2D eigenvalue weighted by molar-refractivity contribution is -0.163. The summed E-state index contributed by atoms with van der Waals surface area (Å²) >= 11 is 0. The molecule has 0 aromatic rings. The third kappa shape index (κ3) is 50.8. The van der Waals surface area contributed by atoms with Crippen LogP contribution in [0.2, 0.25) is 0 Å². The average molecular weight is 871 g/mol. The minimum absolute atomic E-state index is 0.0889. The number of unbranched alkanes of at least 4 members (excludes halogenated alkanes) is 34. The van der Waals surface area contributed by atoms with Gasteiger partial charge in [-0.25, -0.2) is 0 Å². The molecule has 0 fully saturated rings. The smallest absolute Gasteiger partial charge is 0.306 e. The van der Waals surface area contributed by atoms with Crippen molar-refractivity contribution in [2.75, 3.05) is 19.8 Å². The minimum atomic E-state index is -0.533. The van der Waals surface area contributed by atoms with Gasteiger partial charge < -0.3 is 14.2 Å². The fourth-order valence-corrected chi connectivity index (χ4v) is 8.12. The third-order valence-electron chi connectivity index (χ3n) is 12.2. The van der Waals surface area contributed by atoms with Crippen LogP contribution < -0.4 is 0 Å². The number of carbonyl (C=O) groups excluding carboxylic acids is 2. The van der Waals surface area contributed by atoms with E-state index in [0.29, 0.717) is 19.4 Å². The van der Waals surface area contributed by atoms with Crippen molar-refractivity contribution in [2.45, 2.75) is 297 Å². The normalized spacial score (nSPS) is 12.4. The van der Waals surface area contributed by atoms with Gasteiger partial charge in [-0.15, -0.1) is 0 Å². The summed E-state index contributed by atoms with van der Waals surface area (Å²) in [5, 5.41) is 0. The minimum Gasteiger partial charge on any atom is -0.462 e. The largest absolute Gasteiger partial charge is 0.462 e. The van der Waals surface area contributed by atoms with E-state index in [4.69, 9.17) is 14.2 Å². The first-order chi connectivity index (χ1) is 30.6. The van der Waals surface area contributed by atoms with E-state index in [1.165, 1.54) is 199 Å². The van der Waals surface area contributed by atoms with Gasteiger partial charge in [-0.2, -0.15) is 0 Å². The second-order valence-corrected chi connectivity index (χ2v) is 18.5.